The molecule has 5 nitrogen and oxygen atoms in total. The van der Waals surface area contributed by atoms with E-state index >= 15 is 0 Å². The molecule has 0 aromatic rings. The summed E-state index contributed by atoms with van der Waals surface area (Å²) in [5, 5.41) is 18.3. The van der Waals surface area contributed by atoms with Gasteiger partial charge in [-0.1, -0.05) is 0 Å². The smallest absolute Gasteiger partial charge is 0.359 e. The van der Waals surface area contributed by atoms with Gasteiger partial charge in [-0.05, 0) is 0 Å². The van der Waals surface area contributed by atoms with Crippen LogP contribution in [0.1, 0.15) is 0 Å². The molecule has 3 N–H and O–H groups in total. The molecule has 8 heavy (non-hydrogen) atoms. The standard InChI is InChI=1S/C3H4N2O3/c4-5-2(1-6)3(7)8/h1,4,6H,(H,7,8). The minimum atomic E-state index is -1.41. The summed E-state index contributed by atoms with van der Waals surface area (Å²) in [6, 6.07) is 0. The monoisotopic (exact) mass is 116 g/mol. The highest BCUT2D eigenvalue weighted by Gasteiger charge is 2.02. The Balaban J connectivity index is 4.13. The number of carboxylic acid groups (broad SMARTS) is 1. The fourth-order valence-corrected chi connectivity index (χ4v) is 0.132. The number of aliphatic hydroxyl groups is 1. The van der Waals surface area contributed by atoms with Crippen molar-refractivity contribution in [1.29, 1.82) is 5.53 Å². The Labute approximate surface area is 44.8 Å². The van der Waals surface area contributed by atoms with Crippen molar-refractivity contribution in [3.8, 4) is 0 Å². The van der Waals surface area contributed by atoms with Crippen molar-refractivity contribution < 1.29 is 15.0 Å². The van der Waals surface area contributed by atoms with Crippen LogP contribution in [0.25, 0.3) is 0 Å². The zero-order valence-corrected chi connectivity index (χ0v) is 3.83. The first kappa shape index (κ1) is 6.61. The molecule has 0 aromatic heterocycles. The molecular weight excluding hydrogens is 112 g/mol. The van der Waals surface area contributed by atoms with Crippen LogP contribution in [-0.4, -0.2) is 16.2 Å². The van der Waals surface area contributed by atoms with E-state index in [2.05, 4.69) is 5.11 Å². The predicted molar refractivity (Wildman–Crippen MR) is 23.5 cm³/mol. The van der Waals surface area contributed by atoms with Gasteiger partial charge in [-0.2, -0.15) is 0 Å². The van der Waals surface area contributed by atoms with Crippen LogP contribution in [0.3, 0.4) is 0 Å². The van der Waals surface area contributed by atoms with Gasteiger partial charge in [0, 0.05) is 0 Å². The summed E-state index contributed by atoms with van der Waals surface area (Å²) in [6.45, 7) is 0. The lowest BCUT2D eigenvalue weighted by Crippen LogP contribution is -1.95. The Morgan fingerprint density at radius 1 is 1.75 bits per heavy atom. The van der Waals surface area contributed by atoms with Crippen LogP contribution < -0.4 is 0 Å². The fourth-order valence-electron chi connectivity index (χ4n) is 0.132. The van der Waals surface area contributed by atoms with Crippen molar-refractivity contribution in [2.24, 2.45) is 5.11 Å². The van der Waals surface area contributed by atoms with Crippen molar-refractivity contribution in [3.63, 3.8) is 0 Å². The number of carbonyl (C=O) groups is 1. The molecule has 0 fully saturated rings. The van der Waals surface area contributed by atoms with E-state index in [4.69, 9.17) is 15.7 Å². The predicted octanol–water partition coefficient (Wildman–Crippen LogP) is 0.501. The van der Waals surface area contributed by atoms with E-state index in [1.54, 1.807) is 0 Å². The number of aliphatic hydroxyl groups excluding tert-OH is 1. The minimum absolute atomic E-state index is 0.259. The lowest BCUT2D eigenvalue weighted by Gasteiger charge is -1.83. The van der Waals surface area contributed by atoms with Crippen molar-refractivity contribution in [2.45, 2.75) is 0 Å². The largest absolute Gasteiger partial charge is 0.513 e. The number of carboxylic acids is 1. The lowest BCUT2D eigenvalue weighted by molar-refractivity contribution is -0.132. The number of hydrogen-bond donors (Lipinski definition) is 3. The first-order chi connectivity index (χ1) is 3.72. The second-order valence-corrected chi connectivity index (χ2v) is 0.931. The van der Waals surface area contributed by atoms with E-state index in [1.807, 2.05) is 0 Å². The Kier molecular flexibility index (Phi) is 2.25. The maximum atomic E-state index is 9.72. The summed E-state index contributed by atoms with van der Waals surface area (Å²) < 4.78 is 0. The van der Waals surface area contributed by atoms with Crippen molar-refractivity contribution >= 4 is 5.97 Å². The maximum Gasteiger partial charge on any atom is 0.359 e. The molecule has 5 heteroatoms. The SMILES string of the molecule is N=NC(=CO)C(=O)O. The molecule has 0 saturated carbocycles. The minimum Gasteiger partial charge on any atom is -0.513 e. The third-order valence-corrected chi connectivity index (χ3v) is 0.462. The van der Waals surface area contributed by atoms with Gasteiger partial charge in [0.15, 0.2) is 0 Å². The number of nitrogens with one attached hydrogen (secondary N) is 1. The second kappa shape index (κ2) is 2.73. The third-order valence-electron chi connectivity index (χ3n) is 0.462. The summed E-state index contributed by atoms with van der Waals surface area (Å²) in [4.78, 5) is 9.72. The van der Waals surface area contributed by atoms with Gasteiger partial charge in [0.05, 0.1) is 0 Å². The summed E-state index contributed by atoms with van der Waals surface area (Å²) >= 11 is 0. The molecule has 0 aliphatic heterocycles. The van der Waals surface area contributed by atoms with Crippen LogP contribution >= 0.6 is 0 Å². The summed E-state index contributed by atoms with van der Waals surface area (Å²) in [7, 11) is 0. The Bertz CT molecular complexity index is 139. The number of nitrogens with zero attached hydrogens (tertiary/aromatic N) is 1. The molecule has 44 valence electrons. The van der Waals surface area contributed by atoms with E-state index in [-0.39, 0.29) is 6.26 Å². The van der Waals surface area contributed by atoms with Crippen molar-refractivity contribution in [3.05, 3.63) is 12.0 Å². The first-order valence-electron chi connectivity index (χ1n) is 1.67. The molecule has 0 amide bonds. The van der Waals surface area contributed by atoms with Gasteiger partial charge in [-0.3, -0.25) is 0 Å². The van der Waals surface area contributed by atoms with Gasteiger partial charge in [0.25, 0.3) is 0 Å². The Hall–Kier alpha value is -1.39. The first-order valence-corrected chi connectivity index (χ1v) is 1.67. The zero-order valence-electron chi connectivity index (χ0n) is 3.83. The summed E-state index contributed by atoms with van der Waals surface area (Å²) in [6.07, 6.45) is 0.259. The molecule has 0 rings (SSSR count). The molecule has 0 aromatic carbocycles. The third kappa shape index (κ3) is 1.38. The van der Waals surface area contributed by atoms with E-state index in [0.717, 1.165) is 0 Å². The molecule has 0 spiro atoms. The molecule has 0 saturated heterocycles. The molecule has 0 unspecified atom stereocenters. The average molecular weight is 116 g/mol. The van der Waals surface area contributed by atoms with Crippen molar-refractivity contribution in [2.75, 3.05) is 0 Å². The van der Waals surface area contributed by atoms with E-state index in [0.29, 0.717) is 0 Å². The number of hydrogen-bond acceptors (Lipinski definition) is 4. The van der Waals surface area contributed by atoms with Crippen LogP contribution in [0.5, 0.6) is 0 Å². The van der Waals surface area contributed by atoms with Gasteiger partial charge in [-0.15, -0.1) is 5.11 Å². The second-order valence-electron chi connectivity index (χ2n) is 0.931. The van der Waals surface area contributed by atoms with Gasteiger partial charge in [0.2, 0.25) is 5.70 Å². The molecule has 0 bridgehead atoms. The van der Waals surface area contributed by atoms with Crippen LogP contribution in [0, 0.1) is 5.53 Å². The van der Waals surface area contributed by atoms with Crippen molar-refractivity contribution in [1.82, 2.24) is 0 Å². The van der Waals surface area contributed by atoms with Gasteiger partial charge in [0.1, 0.15) is 6.26 Å². The molecular formula is C3H4N2O3. The average Bonchev–Trinajstić information content (AvgIpc) is 1.69. The lowest BCUT2D eigenvalue weighted by atomic mass is 10.5. The van der Waals surface area contributed by atoms with Crippen LogP contribution in [0.4, 0.5) is 0 Å². The Morgan fingerprint density at radius 2 is 2.25 bits per heavy atom. The molecule has 0 atom stereocenters. The number of aliphatic carboxylic acids is 1. The van der Waals surface area contributed by atoms with Crippen LogP contribution in [0.15, 0.2) is 17.1 Å². The molecule has 0 aliphatic rings. The molecule has 0 aliphatic carbocycles. The highest BCUT2D eigenvalue weighted by molar-refractivity contribution is 5.85. The van der Waals surface area contributed by atoms with E-state index in [1.165, 1.54) is 0 Å². The Morgan fingerprint density at radius 3 is 2.25 bits per heavy atom. The zero-order chi connectivity index (χ0) is 6.57. The highest BCUT2D eigenvalue weighted by Crippen LogP contribution is 1.91. The number of rotatable bonds is 2. The van der Waals surface area contributed by atoms with Crippen LogP contribution in [0.2, 0.25) is 0 Å². The fraction of sp³-hybridized carbons (Fsp3) is 0. The van der Waals surface area contributed by atoms with E-state index < -0.39 is 11.7 Å². The normalized spacial score (nSPS) is 10.8. The topological polar surface area (TPSA) is 93.7 Å². The van der Waals surface area contributed by atoms with Gasteiger partial charge in [-0.25, -0.2) is 10.3 Å². The maximum absolute atomic E-state index is 9.72. The van der Waals surface area contributed by atoms with Gasteiger partial charge >= 0.3 is 5.97 Å². The quantitative estimate of drug-likeness (QED) is 0.278. The van der Waals surface area contributed by atoms with Crippen LogP contribution in [-0.2, 0) is 4.79 Å². The van der Waals surface area contributed by atoms with E-state index in [9.17, 15) is 4.79 Å². The van der Waals surface area contributed by atoms with Gasteiger partial charge < -0.3 is 10.2 Å². The molecule has 0 radical (unpaired) electrons. The summed E-state index contributed by atoms with van der Waals surface area (Å²) in [5.41, 5.74) is 5.43. The highest BCUT2D eigenvalue weighted by atomic mass is 16.4. The summed E-state index contributed by atoms with van der Waals surface area (Å²) in [5.74, 6) is -1.41. The molecule has 0 heterocycles.